The van der Waals surface area contributed by atoms with E-state index in [1.807, 2.05) is 12.1 Å². The first-order chi connectivity index (χ1) is 16.8. The zero-order valence-electron chi connectivity index (χ0n) is 21.4. The minimum Gasteiger partial charge on any atom is -0.447 e. The summed E-state index contributed by atoms with van der Waals surface area (Å²) in [5, 5.41) is 15.7. The Balaban J connectivity index is 1.55. The second-order valence-corrected chi connectivity index (χ2v) is 10.3. The average molecular weight is 482 g/mol. The van der Waals surface area contributed by atoms with Gasteiger partial charge < -0.3 is 29.7 Å². The summed E-state index contributed by atoms with van der Waals surface area (Å²) < 4.78 is 10.2. The standard InChI is InChI=1S/C28H39N3O4/c1-21(2)22-8-10-23(11-9-22)28(33,27(3)19-29-20-27)24-6-5-7-25(18-24)30-12-14-31(15-13-30)26(32)35-17-16-34-4/h5-11,18,21,29,33H,12-17,19-20H2,1-4H3/t28-/m0/s1. The average Bonchev–Trinajstić information content (AvgIpc) is 2.87. The molecule has 2 heterocycles. The number of anilines is 1. The van der Waals surface area contributed by atoms with Crippen molar-refractivity contribution in [2.24, 2.45) is 5.41 Å². The smallest absolute Gasteiger partial charge is 0.409 e. The molecule has 1 amide bonds. The summed E-state index contributed by atoms with van der Waals surface area (Å²) >= 11 is 0. The van der Waals surface area contributed by atoms with Gasteiger partial charge in [-0.05, 0) is 34.7 Å². The number of methoxy groups -OCH3 is 1. The van der Waals surface area contributed by atoms with Crippen LogP contribution in [0.1, 0.15) is 43.4 Å². The summed E-state index contributed by atoms with van der Waals surface area (Å²) in [6.07, 6.45) is -0.292. The molecule has 1 atom stereocenters. The number of nitrogens with zero attached hydrogens (tertiary/aromatic N) is 2. The molecule has 2 aliphatic heterocycles. The highest BCUT2D eigenvalue weighted by Gasteiger charge is 2.53. The van der Waals surface area contributed by atoms with Crippen LogP contribution in [0.4, 0.5) is 10.5 Å². The van der Waals surface area contributed by atoms with Crippen LogP contribution in [-0.2, 0) is 15.1 Å². The minimum absolute atomic E-state index is 0.266. The highest BCUT2D eigenvalue weighted by atomic mass is 16.6. The Labute approximate surface area is 209 Å². The van der Waals surface area contributed by atoms with E-state index in [0.717, 1.165) is 29.9 Å². The SMILES string of the molecule is COCCOC(=O)N1CCN(c2cccc([C@@](O)(c3ccc(C(C)C)cc3)C3(C)CNC3)c2)CC1. The predicted octanol–water partition coefficient (Wildman–Crippen LogP) is 3.56. The van der Waals surface area contributed by atoms with Crippen LogP contribution >= 0.6 is 0 Å². The maximum absolute atomic E-state index is 12.4. The summed E-state index contributed by atoms with van der Waals surface area (Å²) in [4.78, 5) is 16.3. The van der Waals surface area contributed by atoms with E-state index in [0.29, 0.717) is 38.7 Å². The fourth-order valence-electron chi connectivity index (χ4n) is 5.11. The molecular formula is C28H39N3O4. The van der Waals surface area contributed by atoms with Crippen LogP contribution in [-0.4, -0.2) is 75.7 Å². The van der Waals surface area contributed by atoms with Crippen LogP contribution in [0.5, 0.6) is 0 Å². The maximum atomic E-state index is 12.4. The Morgan fingerprint density at radius 3 is 2.31 bits per heavy atom. The van der Waals surface area contributed by atoms with E-state index in [4.69, 9.17) is 9.47 Å². The molecule has 2 aromatic rings. The van der Waals surface area contributed by atoms with Crippen LogP contribution in [0, 0.1) is 5.41 Å². The van der Waals surface area contributed by atoms with E-state index in [2.05, 4.69) is 67.4 Å². The number of hydrogen-bond donors (Lipinski definition) is 2. The van der Waals surface area contributed by atoms with Crippen molar-refractivity contribution >= 4 is 11.8 Å². The van der Waals surface area contributed by atoms with Gasteiger partial charge in [0.2, 0.25) is 0 Å². The Morgan fingerprint density at radius 2 is 1.74 bits per heavy atom. The van der Waals surface area contributed by atoms with Gasteiger partial charge in [-0.1, -0.05) is 57.2 Å². The highest BCUT2D eigenvalue weighted by Crippen LogP contribution is 2.48. The Hall–Kier alpha value is -2.61. The third-order valence-corrected chi connectivity index (χ3v) is 7.58. The van der Waals surface area contributed by atoms with Crippen molar-refractivity contribution in [3.8, 4) is 0 Å². The molecule has 7 nitrogen and oxygen atoms in total. The number of benzene rings is 2. The largest absolute Gasteiger partial charge is 0.447 e. The van der Waals surface area contributed by atoms with Gasteiger partial charge in [-0.3, -0.25) is 0 Å². The van der Waals surface area contributed by atoms with E-state index < -0.39 is 5.60 Å². The van der Waals surface area contributed by atoms with Crippen molar-refractivity contribution in [2.75, 3.05) is 64.5 Å². The summed E-state index contributed by atoms with van der Waals surface area (Å²) in [7, 11) is 1.59. The monoisotopic (exact) mass is 481 g/mol. The van der Waals surface area contributed by atoms with E-state index >= 15 is 0 Å². The molecule has 0 spiro atoms. The lowest BCUT2D eigenvalue weighted by Gasteiger charge is -2.52. The number of rotatable bonds is 8. The molecule has 0 unspecified atom stereocenters. The van der Waals surface area contributed by atoms with Crippen molar-refractivity contribution in [1.82, 2.24) is 10.2 Å². The van der Waals surface area contributed by atoms with Gasteiger partial charge in [-0.15, -0.1) is 0 Å². The van der Waals surface area contributed by atoms with Gasteiger partial charge in [0, 0.05) is 57.5 Å². The van der Waals surface area contributed by atoms with Gasteiger partial charge in [0.05, 0.1) is 6.61 Å². The fourth-order valence-corrected chi connectivity index (χ4v) is 5.11. The second kappa shape index (κ2) is 10.6. The van der Waals surface area contributed by atoms with Crippen molar-refractivity contribution in [3.05, 3.63) is 65.2 Å². The second-order valence-electron chi connectivity index (χ2n) is 10.3. The molecule has 2 aliphatic rings. The molecule has 2 fully saturated rings. The quantitative estimate of drug-likeness (QED) is 0.562. The Kier molecular flexibility index (Phi) is 7.69. The van der Waals surface area contributed by atoms with Crippen LogP contribution in [0.15, 0.2) is 48.5 Å². The first-order valence-corrected chi connectivity index (χ1v) is 12.6. The molecule has 0 radical (unpaired) electrons. The third-order valence-electron chi connectivity index (χ3n) is 7.58. The number of aliphatic hydroxyl groups is 1. The Bertz CT molecular complexity index is 998. The van der Waals surface area contributed by atoms with E-state index in [1.54, 1.807) is 12.0 Å². The van der Waals surface area contributed by atoms with Gasteiger partial charge in [0.25, 0.3) is 0 Å². The molecule has 2 saturated heterocycles. The number of amides is 1. The van der Waals surface area contributed by atoms with Crippen molar-refractivity contribution in [2.45, 2.75) is 32.3 Å². The normalized spacial score (nSPS) is 19.3. The third kappa shape index (κ3) is 5.03. The van der Waals surface area contributed by atoms with Gasteiger partial charge >= 0.3 is 6.09 Å². The zero-order chi connectivity index (χ0) is 25.1. The Morgan fingerprint density at radius 1 is 1.06 bits per heavy atom. The summed E-state index contributed by atoms with van der Waals surface area (Å²) in [5.74, 6) is 0.442. The van der Waals surface area contributed by atoms with E-state index in [9.17, 15) is 9.90 Å². The van der Waals surface area contributed by atoms with Gasteiger partial charge in [0.1, 0.15) is 12.2 Å². The fraction of sp³-hybridized carbons (Fsp3) is 0.536. The van der Waals surface area contributed by atoms with Crippen molar-refractivity contribution < 1.29 is 19.4 Å². The minimum atomic E-state index is -1.11. The van der Waals surface area contributed by atoms with Crippen LogP contribution in [0.25, 0.3) is 0 Å². The van der Waals surface area contributed by atoms with Crippen LogP contribution in [0.2, 0.25) is 0 Å². The van der Waals surface area contributed by atoms with Gasteiger partial charge in [0.15, 0.2) is 0 Å². The molecule has 190 valence electrons. The first kappa shape index (κ1) is 25.5. The number of carbonyl (C=O) groups excluding carboxylic acids is 1. The number of nitrogens with one attached hydrogen (secondary N) is 1. The zero-order valence-corrected chi connectivity index (χ0v) is 21.4. The van der Waals surface area contributed by atoms with Crippen LogP contribution < -0.4 is 10.2 Å². The number of piperazine rings is 1. The van der Waals surface area contributed by atoms with Gasteiger partial charge in [-0.25, -0.2) is 4.79 Å². The lowest BCUT2D eigenvalue weighted by molar-refractivity contribution is -0.0767. The van der Waals surface area contributed by atoms with Crippen molar-refractivity contribution in [3.63, 3.8) is 0 Å². The molecule has 4 rings (SSSR count). The predicted molar refractivity (Wildman–Crippen MR) is 138 cm³/mol. The maximum Gasteiger partial charge on any atom is 0.409 e. The van der Waals surface area contributed by atoms with Gasteiger partial charge in [-0.2, -0.15) is 0 Å². The highest BCUT2D eigenvalue weighted by molar-refractivity contribution is 5.68. The molecular weight excluding hydrogens is 442 g/mol. The molecule has 2 aromatic carbocycles. The molecule has 2 N–H and O–H groups in total. The summed E-state index contributed by atoms with van der Waals surface area (Å²) in [6, 6.07) is 16.7. The van der Waals surface area contributed by atoms with E-state index in [-0.39, 0.29) is 18.1 Å². The summed E-state index contributed by atoms with van der Waals surface area (Å²) in [6.45, 7) is 11.3. The number of carbonyl (C=O) groups is 1. The van der Waals surface area contributed by atoms with Crippen LogP contribution in [0.3, 0.4) is 0 Å². The first-order valence-electron chi connectivity index (χ1n) is 12.6. The van der Waals surface area contributed by atoms with E-state index in [1.165, 1.54) is 5.56 Å². The number of ether oxygens (including phenoxy) is 2. The molecule has 0 bridgehead atoms. The number of hydrogen-bond acceptors (Lipinski definition) is 6. The molecule has 35 heavy (non-hydrogen) atoms. The lowest BCUT2D eigenvalue weighted by atomic mass is 9.62. The molecule has 7 heteroatoms. The lowest BCUT2D eigenvalue weighted by Crippen LogP contribution is -2.63. The van der Waals surface area contributed by atoms with Crippen molar-refractivity contribution in [1.29, 1.82) is 0 Å². The summed E-state index contributed by atoms with van der Waals surface area (Å²) in [5.41, 5.74) is 2.72. The topological polar surface area (TPSA) is 74.3 Å². The molecule has 0 saturated carbocycles. The molecule has 0 aliphatic carbocycles. The molecule has 0 aromatic heterocycles.